The number of nitriles is 1. The summed E-state index contributed by atoms with van der Waals surface area (Å²) < 4.78 is 31.2. The van der Waals surface area contributed by atoms with E-state index < -0.39 is 32.1 Å². The van der Waals surface area contributed by atoms with E-state index in [2.05, 4.69) is 25.0 Å². The minimum Gasteiger partial charge on any atom is -0.386 e. The number of thiol groups is 1. The maximum absolute atomic E-state index is 14.9. The van der Waals surface area contributed by atoms with Crippen LogP contribution in [0.1, 0.15) is 54.0 Å². The third-order valence-corrected chi connectivity index (χ3v) is 10.3. The fourth-order valence-corrected chi connectivity index (χ4v) is 7.87. The number of nitrogens with one attached hydrogen (secondary N) is 2. The van der Waals surface area contributed by atoms with Gasteiger partial charge in [0.05, 0.1) is 10.3 Å². The summed E-state index contributed by atoms with van der Waals surface area (Å²) in [5, 5.41) is 11.6. The molecule has 1 saturated heterocycles. The summed E-state index contributed by atoms with van der Waals surface area (Å²) in [6, 6.07) is 6.04. The lowest BCUT2D eigenvalue weighted by molar-refractivity contribution is 0.102. The van der Waals surface area contributed by atoms with E-state index in [4.69, 9.17) is 11.0 Å². The Bertz CT molecular complexity index is 1270. The normalized spacial score (nSPS) is 26.9. The van der Waals surface area contributed by atoms with Crippen molar-refractivity contribution in [3.63, 3.8) is 0 Å². The van der Waals surface area contributed by atoms with Gasteiger partial charge in [0.25, 0.3) is 5.91 Å². The third kappa shape index (κ3) is 3.79. The second-order valence-corrected chi connectivity index (χ2v) is 12.0. The van der Waals surface area contributed by atoms with Crippen molar-refractivity contribution in [3.05, 3.63) is 52.7 Å². The average Bonchev–Trinajstić information content (AvgIpc) is 2.76. The van der Waals surface area contributed by atoms with Gasteiger partial charge < -0.3 is 11.1 Å². The molecule has 2 aromatic heterocycles. The quantitative estimate of drug-likeness (QED) is 0.501. The van der Waals surface area contributed by atoms with E-state index in [0.29, 0.717) is 24.1 Å². The van der Waals surface area contributed by atoms with Gasteiger partial charge in [-0.3, -0.25) is 18.7 Å². The minimum absolute atomic E-state index is 0.0441. The number of amides is 1. The van der Waals surface area contributed by atoms with Gasteiger partial charge in [-0.15, -0.1) is 0 Å². The first kappa shape index (κ1) is 22.9. The van der Waals surface area contributed by atoms with Crippen LogP contribution in [0.25, 0.3) is 0 Å². The predicted molar refractivity (Wildman–Crippen MR) is 125 cm³/mol. The van der Waals surface area contributed by atoms with Crippen LogP contribution in [0.5, 0.6) is 0 Å². The molecule has 0 aliphatic carbocycles. The molecule has 4 N–H and O–H groups in total. The van der Waals surface area contributed by atoms with Crippen LogP contribution in [-0.2, 0) is 15.7 Å². The molecule has 33 heavy (non-hydrogen) atoms. The number of hydrogen-bond donors (Lipinski definition) is 4. The molecule has 0 aromatic carbocycles. The number of carbonyl (C=O) groups excluding carboxylic acids is 1. The molecule has 9 nitrogen and oxygen atoms in total. The Labute approximate surface area is 192 Å². The number of halogens is 1. The van der Waals surface area contributed by atoms with Gasteiger partial charge in [0.15, 0.2) is 0 Å². The fraction of sp³-hybridized carbons (Fsp3) is 0.409. The van der Waals surface area contributed by atoms with Crippen LogP contribution in [0.15, 0.2) is 29.4 Å². The van der Waals surface area contributed by atoms with E-state index in [-0.39, 0.29) is 28.8 Å². The molecule has 2 aromatic rings. The van der Waals surface area contributed by atoms with Crippen molar-refractivity contribution in [2.24, 2.45) is 10.7 Å². The van der Waals surface area contributed by atoms with Crippen molar-refractivity contribution in [3.8, 4) is 6.07 Å². The molecule has 0 bridgehead atoms. The van der Waals surface area contributed by atoms with E-state index in [1.165, 1.54) is 18.3 Å². The van der Waals surface area contributed by atoms with Gasteiger partial charge in [-0.05, 0) is 67.5 Å². The van der Waals surface area contributed by atoms with Gasteiger partial charge in [-0.25, -0.2) is 14.4 Å². The lowest BCUT2D eigenvalue weighted by Gasteiger charge is -2.52. The number of amidine groups is 1. The number of hydrogen-bond acceptors (Lipinski definition) is 7. The second-order valence-electron chi connectivity index (χ2n) is 8.94. The molecule has 0 radical (unpaired) electrons. The first-order valence-electron chi connectivity index (χ1n) is 10.6. The fourth-order valence-electron chi connectivity index (χ4n) is 4.51. The maximum Gasteiger partial charge on any atom is 0.275 e. The average molecular weight is 472 g/mol. The third-order valence-electron chi connectivity index (χ3n) is 6.47. The highest BCUT2D eigenvalue weighted by atomic mass is 32.3. The number of nitrogens with zero attached hydrogens (tertiary/aromatic N) is 4. The van der Waals surface area contributed by atoms with Crippen LogP contribution in [0.4, 0.5) is 10.2 Å². The molecule has 0 spiro atoms. The Morgan fingerprint density at radius 3 is 2.85 bits per heavy atom. The smallest absolute Gasteiger partial charge is 0.275 e. The molecule has 11 heteroatoms. The van der Waals surface area contributed by atoms with Gasteiger partial charge in [0.2, 0.25) is 0 Å². The summed E-state index contributed by atoms with van der Waals surface area (Å²) in [6.07, 6.45) is 2.77. The summed E-state index contributed by atoms with van der Waals surface area (Å²) in [6.45, 7) is 5.75. The first-order chi connectivity index (χ1) is 15.5. The van der Waals surface area contributed by atoms with Gasteiger partial charge in [0, 0.05) is 18.5 Å². The van der Waals surface area contributed by atoms with Crippen molar-refractivity contribution in [1.29, 1.82) is 5.26 Å². The molecule has 1 amide bonds. The van der Waals surface area contributed by atoms with E-state index in [0.717, 1.165) is 6.42 Å². The van der Waals surface area contributed by atoms with Crippen LogP contribution in [0, 0.1) is 24.1 Å². The number of anilines is 1. The Morgan fingerprint density at radius 1 is 1.39 bits per heavy atom. The molecule has 2 unspecified atom stereocenters. The van der Waals surface area contributed by atoms with Crippen molar-refractivity contribution in [2.45, 2.75) is 43.9 Å². The first-order valence-corrected chi connectivity index (χ1v) is 12.5. The number of fused-ring (bicyclic) bond motifs is 1. The van der Waals surface area contributed by atoms with Gasteiger partial charge in [-0.1, -0.05) is 0 Å². The van der Waals surface area contributed by atoms with Gasteiger partial charge >= 0.3 is 0 Å². The summed E-state index contributed by atoms with van der Waals surface area (Å²) in [5.41, 5.74) is 5.96. The van der Waals surface area contributed by atoms with E-state index in [1.807, 2.05) is 13.0 Å². The SMILES string of the molecule is Cc1cc(C#N)cnc1C(=O)Nc1ccc(F)c(C2(C)C[SH]3(=O)NCCCC3(C)C(N)=N2)n1. The minimum atomic E-state index is -3.03. The Kier molecular flexibility index (Phi) is 5.54. The number of carbonyl (C=O) groups is 1. The maximum atomic E-state index is 14.9. The van der Waals surface area contributed by atoms with Crippen LogP contribution >= 0.6 is 0 Å². The zero-order valence-corrected chi connectivity index (χ0v) is 19.5. The Hall–Kier alpha value is -3.23. The van der Waals surface area contributed by atoms with Crippen LogP contribution in [-0.4, -0.2) is 43.0 Å². The van der Waals surface area contributed by atoms with Crippen molar-refractivity contribution in [1.82, 2.24) is 14.7 Å². The molecule has 1 fully saturated rings. The molecule has 4 rings (SSSR count). The molecule has 2 aliphatic rings. The monoisotopic (exact) mass is 471 g/mol. The summed E-state index contributed by atoms with van der Waals surface area (Å²) >= 11 is 0. The number of aryl methyl sites for hydroxylation is 1. The van der Waals surface area contributed by atoms with Crippen molar-refractivity contribution < 1.29 is 13.4 Å². The van der Waals surface area contributed by atoms with E-state index >= 15 is 0 Å². The molecular weight excluding hydrogens is 445 g/mol. The zero-order chi connectivity index (χ0) is 24.0. The largest absolute Gasteiger partial charge is 0.386 e. The van der Waals surface area contributed by atoms with Gasteiger partial charge in [-0.2, -0.15) is 5.26 Å². The topological polar surface area (TPSA) is 146 Å². The van der Waals surface area contributed by atoms with Crippen LogP contribution < -0.4 is 15.8 Å². The predicted octanol–water partition coefficient (Wildman–Crippen LogP) is 1.71. The number of nitrogens with two attached hydrogens (primary N) is 1. The number of pyridine rings is 2. The van der Waals surface area contributed by atoms with Crippen molar-refractivity contribution >= 4 is 27.7 Å². The molecule has 2 aliphatic heterocycles. The highest BCUT2D eigenvalue weighted by molar-refractivity contribution is 8.03. The zero-order valence-electron chi connectivity index (χ0n) is 18.6. The molecular formula is C22H26FN7O2S. The van der Waals surface area contributed by atoms with Crippen LogP contribution in [0.3, 0.4) is 0 Å². The van der Waals surface area contributed by atoms with E-state index in [9.17, 15) is 13.4 Å². The number of aromatic nitrogens is 2. The number of aliphatic imine (C=N–C) groups is 1. The van der Waals surface area contributed by atoms with Crippen LogP contribution in [0.2, 0.25) is 0 Å². The van der Waals surface area contributed by atoms with Crippen molar-refractivity contribution in [2.75, 3.05) is 17.6 Å². The summed E-state index contributed by atoms with van der Waals surface area (Å²) in [4.78, 5) is 25.7. The highest BCUT2D eigenvalue weighted by Gasteiger charge is 2.53. The molecule has 0 saturated carbocycles. The summed E-state index contributed by atoms with van der Waals surface area (Å²) in [7, 11) is -3.03. The summed E-state index contributed by atoms with van der Waals surface area (Å²) in [5.74, 6) is -0.797. The highest BCUT2D eigenvalue weighted by Crippen LogP contribution is 2.43. The number of rotatable bonds is 3. The molecule has 4 heterocycles. The second kappa shape index (κ2) is 7.97. The van der Waals surface area contributed by atoms with E-state index in [1.54, 1.807) is 19.9 Å². The lowest BCUT2D eigenvalue weighted by atomic mass is 9.96. The lowest BCUT2D eigenvalue weighted by Crippen LogP contribution is -2.67. The molecule has 2 atom stereocenters. The molecule has 174 valence electrons. The van der Waals surface area contributed by atoms with Gasteiger partial charge in [0.1, 0.15) is 40.5 Å². The Balaban J connectivity index is 1.69. The Morgan fingerprint density at radius 2 is 2.15 bits per heavy atom. The standard InChI is InChI=1S/C22H26FN7O2S/c1-13-9-14(10-24)11-26-17(13)19(31)29-16-6-5-15(23)18(28-16)21(2)12-33(32)22(3,20(25)30-21)7-4-8-27-33/h5-6,9,11,33H,4,7-8,12H2,1-3H3,(H2,25,30)(H,27,32)(H,28,29,31).